The summed E-state index contributed by atoms with van der Waals surface area (Å²) in [5.74, 6) is 0.851. The summed E-state index contributed by atoms with van der Waals surface area (Å²) < 4.78 is 1.93. The van der Waals surface area contributed by atoms with Crippen LogP contribution in [0.4, 0.5) is 0 Å². The predicted molar refractivity (Wildman–Crippen MR) is 94.2 cm³/mol. The Bertz CT molecular complexity index is 508. The summed E-state index contributed by atoms with van der Waals surface area (Å²) >= 11 is 0. The van der Waals surface area contributed by atoms with Crippen LogP contribution in [-0.4, -0.2) is 28.8 Å². The number of aryl methyl sites for hydroxylation is 2. The highest BCUT2D eigenvalue weighted by Crippen LogP contribution is 2.21. The zero-order valence-electron chi connectivity index (χ0n) is 15.5. The first-order valence-electron chi connectivity index (χ1n) is 8.10. The van der Waals surface area contributed by atoms with Crippen LogP contribution in [0.15, 0.2) is 4.99 Å². The Morgan fingerprint density at radius 2 is 1.95 bits per heavy atom. The van der Waals surface area contributed by atoms with Crippen molar-refractivity contribution in [2.24, 2.45) is 17.5 Å². The summed E-state index contributed by atoms with van der Waals surface area (Å²) in [4.78, 5) is 4.32. The SMILES string of the molecule is CN=C(NCc1c(C)nn(C)c1C)NC(C)CCC(C)(C)C. The zero-order chi connectivity index (χ0) is 16.9. The molecule has 1 rings (SSSR count). The van der Waals surface area contributed by atoms with E-state index in [0.29, 0.717) is 11.5 Å². The number of rotatable bonds is 5. The first-order valence-corrected chi connectivity index (χ1v) is 8.10. The van der Waals surface area contributed by atoms with Crippen molar-refractivity contribution in [3.8, 4) is 0 Å². The average Bonchev–Trinajstić information content (AvgIpc) is 2.65. The van der Waals surface area contributed by atoms with Gasteiger partial charge in [-0.15, -0.1) is 0 Å². The van der Waals surface area contributed by atoms with Gasteiger partial charge in [-0.05, 0) is 39.0 Å². The van der Waals surface area contributed by atoms with E-state index in [-0.39, 0.29) is 0 Å². The van der Waals surface area contributed by atoms with Gasteiger partial charge in [0.15, 0.2) is 5.96 Å². The standard InChI is InChI=1S/C17H33N5/c1-12(9-10-17(4,5)6)20-16(18-7)19-11-15-13(2)21-22(8)14(15)3/h12H,9-11H2,1-8H3,(H2,18,19,20). The molecule has 22 heavy (non-hydrogen) atoms. The second-order valence-corrected chi connectivity index (χ2v) is 7.34. The van der Waals surface area contributed by atoms with Gasteiger partial charge < -0.3 is 10.6 Å². The lowest BCUT2D eigenvalue weighted by atomic mass is 9.89. The van der Waals surface area contributed by atoms with Gasteiger partial charge in [0.2, 0.25) is 0 Å². The maximum absolute atomic E-state index is 4.45. The van der Waals surface area contributed by atoms with Gasteiger partial charge >= 0.3 is 0 Å². The van der Waals surface area contributed by atoms with Crippen LogP contribution in [-0.2, 0) is 13.6 Å². The molecular weight excluding hydrogens is 274 g/mol. The van der Waals surface area contributed by atoms with E-state index in [1.165, 1.54) is 17.7 Å². The summed E-state index contributed by atoms with van der Waals surface area (Å²) in [6, 6.07) is 0.404. The van der Waals surface area contributed by atoms with Gasteiger partial charge in [-0.3, -0.25) is 9.67 Å². The second-order valence-electron chi connectivity index (χ2n) is 7.34. The molecule has 0 saturated carbocycles. The Hall–Kier alpha value is -1.52. The van der Waals surface area contributed by atoms with Gasteiger partial charge in [0.05, 0.1) is 5.69 Å². The van der Waals surface area contributed by atoms with Gasteiger partial charge in [0.25, 0.3) is 0 Å². The lowest BCUT2D eigenvalue weighted by molar-refractivity contribution is 0.346. The van der Waals surface area contributed by atoms with E-state index in [1.54, 1.807) is 0 Å². The lowest BCUT2D eigenvalue weighted by Crippen LogP contribution is -2.42. The fourth-order valence-electron chi connectivity index (χ4n) is 2.40. The maximum atomic E-state index is 4.45. The highest BCUT2D eigenvalue weighted by atomic mass is 15.3. The molecule has 5 heteroatoms. The smallest absolute Gasteiger partial charge is 0.191 e. The van der Waals surface area contributed by atoms with Crippen molar-refractivity contribution in [3.63, 3.8) is 0 Å². The molecule has 1 atom stereocenters. The molecule has 5 nitrogen and oxygen atoms in total. The second kappa shape index (κ2) is 7.65. The van der Waals surface area contributed by atoms with Crippen LogP contribution in [0.3, 0.4) is 0 Å². The highest BCUT2D eigenvalue weighted by molar-refractivity contribution is 5.79. The fraction of sp³-hybridized carbons (Fsp3) is 0.765. The Morgan fingerprint density at radius 3 is 2.41 bits per heavy atom. The van der Waals surface area contributed by atoms with Crippen LogP contribution >= 0.6 is 0 Å². The number of hydrogen-bond donors (Lipinski definition) is 2. The number of aliphatic imine (C=N–C) groups is 1. The minimum Gasteiger partial charge on any atom is -0.354 e. The molecule has 1 heterocycles. The number of aromatic nitrogens is 2. The molecule has 0 radical (unpaired) electrons. The topological polar surface area (TPSA) is 54.2 Å². The quantitative estimate of drug-likeness (QED) is 0.649. The third kappa shape index (κ3) is 5.70. The van der Waals surface area contributed by atoms with E-state index in [2.05, 4.69) is 55.3 Å². The third-order valence-electron chi connectivity index (χ3n) is 4.03. The Labute approximate surface area is 135 Å². The van der Waals surface area contributed by atoms with Crippen molar-refractivity contribution >= 4 is 5.96 Å². The molecule has 0 amide bonds. The normalized spacial score (nSPS) is 14.1. The lowest BCUT2D eigenvalue weighted by Gasteiger charge is -2.23. The summed E-state index contributed by atoms with van der Waals surface area (Å²) in [6.07, 6.45) is 2.33. The van der Waals surface area contributed by atoms with E-state index in [0.717, 1.165) is 24.6 Å². The van der Waals surface area contributed by atoms with Crippen LogP contribution in [0.25, 0.3) is 0 Å². The first kappa shape index (κ1) is 18.5. The predicted octanol–water partition coefficient (Wildman–Crippen LogP) is 2.92. The van der Waals surface area contributed by atoms with Crippen LogP contribution < -0.4 is 10.6 Å². The van der Waals surface area contributed by atoms with E-state index in [9.17, 15) is 0 Å². The highest BCUT2D eigenvalue weighted by Gasteiger charge is 2.14. The van der Waals surface area contributed by atoms with Gasteiger partial charge in [-0.2, -0.15) is 5.10 Å². The summed E-state index contributed by atoms with van der Waals surface area (Å²) in [5.41, 5.74) is 3.88. The Morgan fingerprint density at radius 1 is 1.32 bits per heavy atom. The molecule has 1 aromatic heterocycles. The molecule has 126 valence electrons. The van der Waals surface area contributed by atoms with Crippen LogP contribution in [0.1, 0.15) is 57.5 Å². The number of nitrogens with zero attached hydrogens (tertiary/aromatic N) is 3. The van der Waals surface area contributed by atoms with Crippen LogP contribution in [0.5, 0.6) is 0 Å². The maximum Gasteiger partial charge on any atom is 0.191 e. The molecule has 1 unspecified atom stereocenters. The van der Waals surface area contributed by atoms with Crippen molar-refractivity contribution in [3.05, 3.63) is 17.0 Å². The third-order valence-corrected chi connectivity index (χ3v) is 4.03. The molecule has 0 aliphatic rings. The minimum atomic E-state index is 0.372. The molecule has 0 aliphatic carbocycles. The average molecular weight is 307 g/mol. The van der Waals surface area contributed by atoms with Gasteiger partial charge in [-0.25, -0.2) is 0 Å². The number of hydrogen-bond acceptors (Lipinski definition) is 2. The molecule has 2 N–H and O–H groups in total. The van der Waals surface area contributed by atoms with Crippen LogP contribution in [0, 0.1) is 19.3 Å². The van der Waals surface area contributed by atoms with Crippen LogP contribution in [0.2, 0.25) is 0 Å². The van der Waals surface area contributed by atoms with E-state index < -0.39 is 0 Å². The number of nitrogens with one attached hydrogen (secondary N) is 2. The fourth-order valence-corrected chi connectivity index (χ4v) is 2.40. The largest absolute Gasteiger partial charge is 0.354 e. The zero-order valence-corrected chi connectivity index (χ0v) is 15.5. The van der Waals surface area contributed by atoms with Crippen molar-refractivity contribution < 1.29 is 0 Å². The van der Waals surface area contributed by atoms with Gasteiger partial charge in [-0.1, -0.05) is 20.8 Å². The molecule has 0 saturated heterocycles. The summed E-state index contributed by atoms with van der Waals surface area (Å²) in [5, 5.41) is 11.3. The van der Waals surface area contributed by atoms with Crippen molar-refractivity contribution in [1.29, 1.82) is 0 Å². The Kier molecular flexibility index (Phi) is 6.45. The monoisotopic (exact) mass is 307 g/mol. The minimum absolute atomic E-state index is 0.372. The molecule has 0 aliphatic heterocycles. The van der Waals surface area contributed by atoms with Gasteiger partial charge in [0.1, 0.15) is 0 Å². The van der Waals surface area contributed by atoms with Gasteiger partial charge in [0, 0.05) is 37.9 Å². The number of guanidine groups is 1. The molecule has 1 aromatic rings. The van der Waals surface area contributed by atoms with Crippen molar-refractivity contribution in [1.82, 2.24) is 20.4 Å². The van der Waals surface area contributed by atoms with E-state index in [4.69, 9.17) is 0 Å². The molecule has 0 aromatic carbocycles. The van der Waals surface area contributed by atoms with Crippen molar-refractivity contribution in [2.45, 2.75) is 67.0 Å². The summed E-state index contributed by atoms with van der Waals surface area (Å²) in [6.45, 7) is 13.9. The summed E-state index contributed by atoms with van der Waals surface area (Å²) in [7, 11) is 3.79. The first-order chi connectivity index (χ1) is 10.1. The van der Waals surface area contributed by atoms with E-state index >= 15 is 0 Å². The molecule has 0 fully saturated rings. The molecule has 0 bridgehead atoms. The Balaban J connectivity index is 2.52. The molecular formula is C17H33N5. The van der Waals surface area contributed by atoms with E-state index in [1.807, 2.05) is 25.7 Å². The molecule has 0 spiro atoms. The van der Waals surface area contributed by atoms with Crippen molar-refractivity contribution in [2.75, 3.05) is 7.05 Å².